The quantitative estimate of drug-likeness (QED) is 0.681. The summed E-state index contributed by atoms with van der Waals surface area (Å²) in [4.78, 5) is 11.2. The minimum atomic E-state index is -4.76. The van der Waals surface area contributed by atoms with Crippen molar-refractivity contribution in [3.8, 4) is 0 Å². The van der Waals surface area contributed by atoms with Crippen LogP contribution >= 0.6 is 0 Å². The molecule has 0 aliphatic rings. The first kappa shape index (κ1) is 15.4. The van der Waals surface area contributed by atoms with Gasteiger partial charge in [-0.3, -0.25) is 4.79 Å². The number of rotatable bonds is 4. The number of nitrogens with two attached hydrogens (primary N) is 1. The molecule has 0 spiro atoms. The Balaban J connectivity index is 2.86. The number of benzene rings is 1. The summed E-state index contributed by atoms with van der Waals surface area (Å²) in [5, 5.41) is 0. The number of alkyl halides is 3. The van der Waals surface area contributed by atoms with E-state index in [2.05, 4.69) is 4.74 Å². The second-order valence-electron chi connectivity index (χ2n) is 3.85. The molecule has 0 saturated carbocycles. The van der Waals surface area contributed by atoms with Gasteiger partial charge in [-0.05, 0) is 24.6 Å². The van der Waals surface area contributed by atoms with Crippen molar-refractivity contribution in [2.24, 2.45) is 5.73 Å². The third-order valence-electron chi connectivity index (χ3n) is 2.42. The van der Waals surface area contributed by atoms with Gasteiger partial charge >= 0.3 is 12.1 Å². The van der Waals surface area contributed by atoms with Gasteiger partial charge < -0.3 is 10.5 Å². The van der Waals surface area contributed by atoms with E-state index in [1.54, 1.807) is 6.92 Å². The van der Waals surface area contributed by atoms with Crippen molar-refractivity contribution < 1.29 is 27.1 Å². The molecule has 0 bridgehead atoms. The smallest absolute Gasteiger partial charge is 0.419 e. The van der Waals surface area contributed by atoms with Gasteiger partial charge in [0.1, 0.15) is 5.82 Å². The van der Waals surface area contributed by atoms with Crippen LogP contribution in [0.5, 0.6) is 0 Å². The fourth-order valence-electron chi connectivity index (χ4n) is 1.51. The summed E-state index contributed by atoms with van der Waals surface area (Å²) in [6.45, 7) is 1.79. The highest BCUT2D eigenvalue weighted by atomic mass is 19.4. The number of carbonyl (C=O) groups excluding carboxylic acids is 1. The Bertz CT molecular complexity index is 460. The normalized spacial score (nSPS) is 13.2. The van der Waals surface area contributed by atoms with Gasteiger partial charge in [-0.15, -0.1) is 0 Å². The fourth-order valence-corrected chi connectivity index (χ4v) is 1.51. The van der Waals surface area contributed by atoms with Crippen LogP contribution in [0.2, 0.25) is 0 Å². The van der Waals surface area contributed by atoms with E-state index >= 15 is 0 Å². The first-order valence-electron chi connectivity index (χ1n) is 5.53. The third kappa shape index (κ3) is 4.20. The van der Waals surface area contributed by atoms with Crippen LogP contribution in [-0.2, 0) is 15.7 Å². The molecule has 3 nitrogen and oxygen atoms in total. The molecular weight excluding hydrogens is 266 g/mol. The number of halogens is 4. The van der Waals surface area contributed by atoms with E-state index in [0.29, 0.717) is 12.1 Å². The van der Waals surface area contributed by atoms with E-state index in [9.17, 15) is 22.4 Å². The molecule has 106 valence electrons. The average molecular weight is 279 g/mol. The van der Waals surface area contributed by atoms with Gasteiger partial charge in [0, 0.05) is 6.04 Å². The summed E-state index contributed by atoms with van der Waals surface area (Å²) in [5.74, 6) is -2.00. The maximum absolute atomic E-state index is 13.3. The Morgan fingerprint density at radius 2 is 2.05 bits per heavy atom. The number of esters is 1. The first-order valence-corrected chi connectivity index (χ1v) is 5.53. The zero-order valence-electron chi connectivity index (χ0n) is 10.1. The van der Waals surface area contributed by atoms with Crippen LogP contribution < -0.4 is 5.73 Å². The Labute approximate surface area is 107 Å². The Kier molecular flexibility index (Phi) is 4.88. The van der Waals surface area contributed by atoms with Gasteiger partial charge in [-0.2, -0.15) is 13.2 Å². The minimum absolute atomic E-state index is 0.110. The zero-order chi connectivity index (χ0) is 14.6. The lowest BCUT2D eigenvalue weighted by atomic mass is 10.0. The van der Waals surface area contributed by atoms with E-state index in [4.69, 9.17) is 5.73 Å². The Morgan fingerprint density at radius 3 is 2.53 bits per heavy atom. The van der Waals surface area contributed by atoms with Crippen molar-refractivity contribution >= 4 is 5.97 Å². The number of carbonyl (C=O) groups is 1. The lowest BCUT2D eigenvalue weighted by Crippen LogP contribution is -2.18. The molecule has 0 heterocycles. The molecule has 0 radical (unpaired) electrons. The Morgan fingerprint density at radius 1 is 1.42 bits per heavy atom. The summed E-state index contributed by atoms with van der Waals surface area (Å²) in [5.41, 5.74) is 4.35. The molecule has 7 heteroatoms. The van der Waals surface area contributed by atoms with E-state index in [-0.39, 0.29) is 18.6 Å². The molecule has 1 atom stereocenters. The molecule has 0 fully saturated rings. The predicted octanol–water partition coefficient (Wildman–Crippen LogP) is 2.80. The average Bonchev–Trinajstić information content (AvgIpc) is 2.27. The summed E-state index contributed by atoms with van der Waals surface area (Å²) in [6, 6.07) is 1.44. The van der Waals surface area contributed by atoms with Gasteiger partial charge in [0.15, 0.2) is 0 Å². The van der Waals surface area contributed by atoms with Gasteiger partial charge in [-0.1, -0.05) is 6.07 Å². The third-order valence-corrected chi connectivity index (χ3v) is 2.42. The lowest BCUT2D eigenvalue weighted by Gasteiger charge is -2.14. The molecular formula is C12H13F4NO2. The molecule has 19 heavy (non-hydrogen) atoms. The largest absolute Gasteiger partial charge is 0.466 e. The van der Waals surface area contributed by atoms with E-state index in [1.165, 1.54) is 0 Å². The van der Waals surface area contributed by atoms with E-state index in [0.717, 1.165) is 6.07 Å². The molecule has 0 aliphatic heterocycles. The fraction of sp³-hybridized carbons (Fsp3) is 0.417. The molecule has 1 aromatic rings. The molecule has 0 aliphatic carbocycles. The van der Waals surface area contributed by atoms with Crippen LogP contribution in [-0.4, -0.2) is 12.6 Å². The number of hydrogen-bond donors (Lipinski definition) is 1. The molecule has 1 rings (SSSR count). The van der Waals surface area contributed by atoms with Gasteiger partial charge in [0.25, 0.3) is 0 Å². The lowest BCUT2D eigenvalue weighted by molar-refractivity contribution is -0.143. The van der Waals surface area contributed by atoms with Crippen molar-refractivity contribution in [3.05, 3.63) is 35.1 Å². The van der Waals surface area contributed by atoms with Crippen LogP contribution in [0.1, 0.15) is 30.5 Å². The predicted molar refractivity (Wildman–Crippen MR) is 59.6 cm³/mol. The number of hydrogen-bond acceptors (Lipinski definition) is 3. The summed E-state index contributed by atoms with van der Waals surface area (Å²) < 4.78 is 55.0. The second-order valence-corrected chi connectivity index (χ2v) is 3.85. The zero-order valence-corrected chi connectivity index (χ0v) is 10.1. The van der Waals surface area contributed by atoms with Crippen LogP contribution in [0.3, 0.4) is 0 Å². The highest BCUT2D eigenvalue weighted by molar-refractivity contribution is 5.70. The Hall–Kier alpha value is -1.63. The monoisotopic (exact) mass is 279 g/mol. The van der Waals surface area contributed by atoms with E-state index in [1.807, 2.05) is 0 Å². The van der Waals surface area contributed by atoms with Crippen molar-refractivity contribution in [2.45, 2.75) is 25.6 Å². The standard InChI is InChI=1S/C12H13F4NO2/c1-2-19-11(18)6-10(17)7-3-4-8(9(13)5-7)12(14,15)16/h3-5,10H,2,6,17H2,1H3/t10-/m1/s1. The summed E-state index contributed by atoms with van der Waals surface area (Å²) in [7, 11) is 0. The molecule has 0 aromatic heterocycles. The molecule has 0 saturated heterocycles. The summed E-state index contributed by atoms with van der Waals surface area (Å²) in [6.07, 6.45) is -4.98. The summed E-state index contributed by atoms with van der Waals surface area (Å²) >= 11 is 0. The van der Waals surface area contributed by atoms with Crippen molar-refractivity contribution in [2.75, 3.05) is 6.61 Å². The van der Waals surface area contributed by atoms with Crippen LogP contribution in [0.25, 0.3) is 0 Å². The second kappa shape index (κ2) is 6.01. The maximum Gasteiger partial charge on any atom is 0.419 e. The van der Waals surface area contributed by atoms with Crippen LogP contribution in [0.4, 0.5) is 17.6 Å². The van der Waals surface area contributed by atoms with Gasteiger partial charge in [0.2, 0.25) is 0 Å². The van der Waals surface area contributed by atoms with Gasteiger partial charge in [0.05, 0.1) is 18.6 Å². The SMILES string of the molecule is CCOC(=O)C[C@@H](N)c1ccc(C(F)(F)F)c(F)c1. The van der Waals surface area contributed by atoms with Crippen LogP contribution in [0.15, 0.2) is 18.2 Å². The maximum atomic E-state index is 13.3. The first-order chi connectivity index (χ1) is 8.75. The van der Waals surface area contributed by atoms with E-state index < -0.39 is 29.6 Å². The molecule has 2 N–H and O–H groups in total. The number of ether oxygens (including phenoxy) is 1. The highest BCUT2D eigenvalue weighted by Gasteiger charge is 2.34. The van der Waals surface area contributed by atoms with Crippen molar-refractivity contribution in [3.63, 3.8) is 0 Å². The van der Waals surface area contributed by atoms with Crippen LogP contribution in [0, 0.1) is 5.82 Å². The molecule has 1 aromatic carbocycles. The molecule has 0 unspecified atom stereocenters. The van der Waals surface area contributed by atoms with Gasteiger partial charge in [-0.25, -0.2) is 4.39 Å². The topological polar surface area (TPSA) is 52.3 Å². The van der Waals surface area contributed by atoms with Crippen molar-refractivity contribution in [1.82, 2.24) is 0 Å². The molecule has 0 amide bonds. The highest BCUT2D eigenvalue weighted by Crippen LogP contribution is 2.32. The minimum Gasteiger partial charge on any atom is -0.466 e. The van der Waals surface area contributed by atoms with Crippen molar-refractivity contribution in [1.29, 1.82) is 0 Å².